The highest BCUT2D eigenvalue weighted by Gasteiger charge is 2.35. The Kier molecular flexibility index (Phi) is 5.96. The lowest BCUT2D eigenvalue weighted by molar-refractivity contribution is -0.123. The van der Waals surface area contributed by atoms with E-state index in [2.05, 4.69) is 10.6 Å². The van der Waals surface area contributed by atoms with Crippen LogP contribution < -0.4 is 0 Å². The fourth-order valence-electron chi connectivity index (χ4n) is 3.84. The maximum absolute atomic E-state index is 13.0. The summed E-state index contributed by atoms with van der Waals surface area (Å²) in [7, 11) is 0. The maximum atomic E-state index is 13.0. The number of hydrogen-bond donors (Lipinski definition) is 0. The van der Waals surface area contributed by atoms with E-state index in [-0.39, 0.29) is 17.7 Å². The summed E-state index contributed by atoms with van der Waals surface area (Å²) in [5.74, 6) is -0.350. The minimum atomic E-state index is -0.350. The number of aryl methyl sites for hydroxylation is 2. The number of imide groups is 1. The van der Waals surface area contributed by atoms with Gasteiger partial charge in [-0.05, 0) is 79.6 Å². The van der Waals surface area contributed by atoms with Crippen LogP contribution in [-0.2, 0) is 11.3 Å². The van der Waals surface area contributed by atoms with E-state index in [9.17, 15) is 14.9 Å². The third-order valence-corrected chi connectivity index (χ3v) is 6.65. The van der Waals surface area contributed by atoms with Gasteiger partial charge in [-0.3, -0.25) is 14.5 Å². The molecule has 1 aliphatic rings. The van der Waals surface area contributed by atoms with Gasteiger partial charge in [0.05, 0.1) is 23.1 Å². The Hall–Kier alpha value is -3.27. The first kappa shape index (κ1) is 21.9. The van der Waals surface area contributed by atoms with Gasteiger partial charge in [0.15, 0.2) is 0 Å². The molecule has 5 nitrogen and oxygen atoms in total. The smallest absolute Gasteiger partial charge is 0.293 e. The fraction of sp³-hybridized carbons (Fsp3) is 0.160. The molecule has 4 rings (SSSR count). The molecule has 0 spiro atoms. The zero-order chi connectivity index (χ0) is 23.0. The monoisotopic (exact) mass is 461 g/mol. The predicted molar refractivity (Wildman–Crippen MR) is 128 cm³/mol. The average molecular weight is 462 g/mol. The molecular formula is C25H20ClN3O2S. The van der Waals surface area contributed by atoms with Crippen molar-refractivity contribution in [1.82, 2.24) is 9.47 Å². The summed E-state index contributed by atoms with van der Waals surface area (Å²) < 4.78 is 2.10. The zero-order valence-electron chi connectivity index (χ0n) is 17.8. The van der Waals surface area contributed by atoms with Crippen LogP contribution in [-0.4, -0.2) is 20.6 Å². The van der Waals surface area contributed by atoms with Crippen molar-refractivity contribution in [2.75, 3.05) is 0 Å². The number of benzene rings is 2. The molecule has 0 saturated carbocycles. The lowest BCUT2D eigenvalue weighted by Gasteiger charge is -2.13. The first-order valence-electron chi connectivity index (χ1n) is 9.99. The normalized spacial score (nSPS) is 15.0. The Morgan fingerprint density at radius 3 is 2.59 bits per heavy atom. The molecule has 160 valence electrons. The van der Waals surface area contributed by atoms with Gasteiger partial charge >= 0.3 is 0 Å². The van der Waals surface area contributed by atoms with Crippen LogP contribution >= 0.6 is 23.4 Å². The number of hydrogen-bond acceptors (Lipinski definition) is 4. The molecule has 32 heavy (non-hydrogen) atoms. The maximum Gasteiger partial charge on any atom is 0.293 e. The van der Waals surface area contributed by atoms with Crippen molar-refractivity contribution in [3.05, 3.63) is 92.1 Å². The predicted octanol–water partition coefficient (Wildman–Crippen LogP) is 6.16. The molecular weight excluding hydrogens is 442 g/mol. The molecule has 0 aliphatic carbocycles. The van der Waals surface area contributed by atoms with Crippen molar-refractivity contribution in [1.29, 1.82) is 5.26 Å². The van der Waals surface area contributed by atoms with Gasteiger partial charge in [-0.2, -0.15) is 5.26 Å². The van der Waals surface area contributed by atoms with Crippen LogP contribution in [0.2, 0.25) is 5.02 Å². The SMILES string of the molecule is Cc1ccc(Cl)cc1-n1c(C)cc(/C=C2/SC(=O)N(Cc3ccccc3C#N)C2=O)c1C. The van der Waals surface area contributed by atoms with E-state index in [4.69, 9.17) is 11.6 Å². The number of nitriles is 1. The molecule has 2 amide bonds. The summed E-state index contributed by atoms with van der Waals surface area (Å²) in [4.78, 5) is 27.1. The zero-order valence-corrected chi connectivity index (χ0v) is 19.4. The molecule has 7 heteroatoms. The average Bonchev–Trinajstić information content (AvgIpc) is 3.19. The summed E-state index contributed by atoms with van der Waals surface area (Å²) >= 11 is 7.14. The Morgan fingerprint density at radius 2 is 1.84 bits per heavy atom. The molecule has 1 saturated heterocycles. The van der Waals surface area contributed by atoms with Crippen molar-refractivity contribution < 1.29 is 9.59 Å². The topological polar surface area (TPSA) is 66.1 Å². The van der Waals surface area contributed by atoms with Crippen LogP contribution in [0.3, 0.4) is 0 Å². The van der Waals surface area contributed by atoms with E-state index in [1.807, 2.05) is 45.0 Å². The van der Waals surface area contributed by atoms with Gasteiger partial charge in [-0.25, -0.2) is 0 Å². The fourth-order valence-corrected chi connectivity index (χ4v) is 4.84. The molecule has 0 radical (unpaired) electrons. The molecule has 0 atom stereocenters. The van der Waals surface area contributed by atoms with E-state index in [1.165, 1.54) is 4.90 Å². The van der Waals surface area contributed by atoms with Crippen LogP contribution in [0.15, 0.2) is 53.4 Å². The largest absolute Gasteiger partial charge is 0.318 e. The Labute approximate surface area is 195 Å². The number of aromatic nitrogens is 1. The first-order valence-corrected chi connectivity index (χ1v) is 11.2. The molecule has 3 aromatic rings. The van der Waals surface area contributed by atoms with Gasteiger partial charge in [0, 0.05) is 22.1 Å². The van der Waals surface area contributed by atoms with E-state index in [0.29, 0.717) is 21.1 Å². The molecule has 2 heterocycles. The number of carbonyl (C=O) groups excluding carboxylic acids is 2. The summed E-state index contributed by atoms with van der Waals surface area (Å²) in [6, 6.07) is 16.8. The third kappa shape index (κ3) is 3.97. The van der Waals surface area contributed by atoms with Crippen molar-refractivity contribution in [3.63, 3.8) is 0 Å². The third-order valence-electron chi connectivity index (χ3n) is 5.51. The standard InChI is InChI=1S/C25H20ClN3O2S/c1-15-8-9-21(26)12-22(15)29-16(2)10-20(17(29)3)11-23-24(30)28(25(31)32-23)14-19-7-5-4-6-18(19)13-27/h4-12H,14H2,1-3H3/b23-11+. The van der Waals surface area contributed by atoms with Crippen LogP contribution in [0.25, 0.3) is 11.8 Å². The summed E-state index contributed by atoms with van der Waals surface area (Å²) in [5, 5.41) is 9.61. The van der Waals surface area contributed by atoms with Crippen molar-refractivity contribution >= 4 is 40.6 Å². The first-order chi connectivity index (χ1) is 15.3. The second-order valence-electron chi connectivity index (χ2n) is 7.63. The van der Waals surface area contributed by atoms with E-state index in [0.717, 1.165) is 40.0 Å². The molecule has 2 aromatic carbocycles. The second kappa shape index (κ2) is 8.70. The van der Waals surface area contributed by atoms with Gasteiger partial charge in [-0.15, -0.1) is 0 Å². The van der Waals surface area contributed by atoms with Crippen molar-refractivity contribution in [2.45, 2.75) is 27.3 Å². The Bertz CT molecular complexity index is 1330. The minimum Gasteiger partial charge on any atom is -0.318 e. The molecule has 0 N–H and O–H groups in total. The van der Waals surface area contributed by atoms with E-state index >= 15 is 0 Å². The van der Waals surface area contributed by atoms with Crippen molar-refractivity contribution in [3.8, 4) is 11.8 Å². The van der Waals surface area contributed by atoms with E-state index in [1.54, 1.807) is 30.3 Å². The number of nitrogens with zero attached hydrogens (tertiary/aromatic N) is 3. The number of halogens is 1. The summed E-state index contributed by atoms with van der Waals surface area (Å²) in [6.45, 7) is 6.07. The minimum absolute atomic E-state index is 0.0759. The molecule has 1 aliphatic heterocycles. The molecule has 1 fully saturated rings. The molecule has 1 aromatic heterocycles. The summed E-state index contributed by atoms with van der Waals surface area (Å²) in [6.07, 6.45) is 1.76. The lowest BCUT2D eigenvalue weighted by atomic mass is 10.1. The van der Waals surface area contributed by atoms with E-state index < -0.39 is 0 Å². The number of amides is 2. The van der Waals surface area contributed by atoms with Gasteiger partial charge in [0.1, 0.15) is 0 Å². The Balaban J connectivity index is 1.67. The highest BCUT2D eigenvalue weighted by atomic mass is 35.5. The number of rotatable bonds is 4. The molecule has 0 bridgehead atoms. The van der Waals surface area contributed by atoms with Gasteiger partial charge in [0.2, 0.25) is 0 Å². The Morgan fingerprint density at radius 1 is 1.09 bits per heavy atom. The molecule has 0 unspecified atom stereocenters. The second-order valence-corrected chi connectivity index (χ2v) is 9.06. The van der Waals surface area contributed by atoms with Crippen LogP contribution in [0.1, 0.15) is 33.6 Å². The van der Waals surface area contributed by atoms with Gasteiger partial charge in [-0.1, -0.05) is 35.9 Å². The van der Waals surface area contributed by atoms with Gasteiger partial charge in [0.25, 0.3) is 11.1 Å². The lowest BCUT2D eigenvalue weighted by Crippen LogP contribution is -2.27. The quantitative estimate of drug-likeness (QED) is 0.436. The number of carbonyl (C=O) groups is 2. The summed E-state index contributed by atoms with van der Waals surface area (Å²) in [5.41, 5.74) is 5.98. The number of thioether (sulfide) groups is 1. The highest BCUT2D eigenvalue weighted by molar-refractivity contribution is 8.18. The van der Waals surface area contributed by atoms with Crippen molar-refractivity contribution in [2.24, 2.45) is 0 Å². The van der Waals surface area contributed by atoms with Crippen LogP contribution in [0.4, 0.5) is 4.79 Å². The van der Waals surface area contributed by atoms with Gasteiger partial charge < -0.3 is 4.57 Å². The highest BCUT2D eigenvalue weighted by Crippen LogP contribution is 2.35. The van der Waals surface area contributed by atoms with Crippen LogP contribution in [0, 0.1) is 32.1 Å². The van der Waals surface area contributed by atoms with Crippen LogP contribution in [0.5, 0.6) is 0 Å².